The van der Waals surface area contributed by atoms with E-state index in [1.165, 1.54) is 12.8 Å². The minimum atomic E-state index is -0.199. The van der Waals surface area contributed by atoms with E-state index in [4.69, 9.17) is 4.74 Å². The first-order valence-electron chi connectivity index (χ1n) is 6.15. The highest BCUT2D eigenvalue weighted by Gasteiger charge is 2.44. The van der Waals surface area contributed by atoms with Crippen LogP contribution in [0.1, 0.15) is 39.0 Å². The molecule has 1 saturated heterocycles. The maximum Gasteiger partial charge on any atom is 0.313 e. The molecule has 0 spiro atoms. The van der Waals surface area contributed by atoms with Gasteiger partial charge in [0.1, 0.15) is 0 Å². The summed E-state index contributed by atoms with van der Waals surface area (Å²) in [7, 11) is 0. The number of carbonyl (C=O) groups is 1. The summed E-state index contributed by atoms with van der Waals surface area (Å²) in [6, 6.07) is 0. The monoisotopic (exact) mass is 211 g/mol. The Bertz CT molecular complexity index is 230. The molecule has 2 aliphatic rings. The molecule has 2 rings (SSSR count). The van der Waals surface area contributed by atoms with Crippen molar-refractivity contribution in [3.05, 3.63) is 0 Å². The first-order chi connectivity index (χ1) is 7.27. The quantitative estimate of drug-likeness (QED) is 0.720. The first kappa shape index (κ1) is 10.9. The largest absolute Gasteiger partial charge is 0.466 e. The Labute approximate surface area is 91.6 Å². The fourth-order valence-electron chi connectivity index (χ4n) is 2.56. The average Bonchev–Trinajstić information content (AvgIpc) is 3.03. The van der Waals surface area contributed by atoms with E-state index in [2.05, 4.69) is 5.32 Å². The Hall–Kier alpha value is -0.570. The van der Waals surface area contributed by atoms with Gasteiger partial charge in [0.05, 0.1) is 12.0 Å². The van der Waals surface area contributed by atoms with E-state index in [0.29, 0.717) is 6.61 Å². The van der Waals surface area contributed by atoms with Crippen LogP contribution in [-0.4, -0.2) is 25.7 Å². The zero-order valence-electron chi connectivity index (χ0n) is 9.55. The molecule has 86 valence electrons. The summed E-state index contributed by atoms with van der Waals surface area (Å²) in [6.45, 7) is 4.26. The molecule has 15 heavy (non-hydrogen) atoms. The van der Waals surface area contributed by atoms with Gasteiger partial charge in [0.2, 0.25) is 0 Å². The van der Waals surface area contributed by atoms with Crippen molar-refractivity contribution >= 4 is 5.97 Å². The number of piperidine rings is 1. The van der Waals surface area contributed by atoms with Gasteiger partial charge in [0.25, 0.3) is 0 Å². The fraction of sp³-hybridized carbons (Fsp3) is 0.917. The summed E-state index contributed by atoms with van der Waals surface area (Å²) in [4.78, 5) is 12.0. The van der Waals surface area contributed by atoms with E-state index in [-0.39, 0.29) is 11.4 Å². The highest BCUT2D eigenvalue weighted by Crippen LogP contribution is 2.44. The molecule has 0 aromatic carbocycles. The van der Waals surface area contributed by atoms with E-state index in [0.717, 1.165) is 38.3 Å². The predicted molar refractivity (Wildman–Crippen MR) is 58.5 cm³/mol. The predicted octanol–water partition coefficient (Wildman–Crippen LogP) is 1.72. The second-order valence-corrected chi connectivity index (χ2v) is 4.93. The summed E-state index contributed by atoms with van der Waals surface area (Å²) in [5, 5.41) is 3.35. The van der Waals surface area contributed by atoms with Crippen molar-refractivity contribution < 1.29 is 9.53 Å². The van der Waals surface area contributed by atoms with Gasteiger partial charge in [-0.3, -0.25) is 4.79 Å². The summed E-state index contributed by atoms with van der Waals surface area (Å²) < 4.78 is 5.23. The first-order valence-corrected chi connectivity index (χ1v) is 6.15. The van der Waals surface area contributed by atoms with Gasteiger partial charge in [-0.1, -0.05) is 12.8 Å². The van der Waals surface area contributed by atoms with E-state index in [1.54, 1.807) is 0 Å². The lowest BCUT2D eigenvalue weighted by Crippen LogP contribution is -2.46. The van der Waals surface area contributed by atoms with Gasteiger partial charge < -0.3 is 10.1 Å². The van der Waals surface area contributed by atoms with E-state index < -0.39 is 0 Å². The second kappa shape index (κ2) is 4.52. The van der Waals surface area contributed by atoms with Crippen molar-refractivity contribution in [2.45, 2.75) is 39.0 Å². The van der Waals surface area contributed by atoms with Crippen LogP contribution in [0.5, 0.6) is 0 Å². The van der Waals surface area contributed by atoms with Crippen molar-refractivity contribution in [1.29, 1.82) is 0 Å². The number of rotatable bonds is 4. The molecule has 1 atom stereocenters. The topological polar surface area (TPSA) is 38.3 Å². The van der Waals surface area contributed by atoms with Crippen LogP contribution in [0.4, 0.5) is 0 Å². The number of hydrogen-bond acceptors (Lipinski definition) is 3. The van der Waals surface area contributed by atoms with Crippen LogP contribution >= 0.6 is 0 Å². The molecule has 1 heterocycles. The lowest BCUT2D eigenvalue weighted by Gasteiger charge is -2.35. The number of nitrogens with one attached hydrogen (secondary N) is 1. The lowest BCUT2D eigenvalue weighted by molar-refractivity contribution is -0.157. The molecule has 2 fully saturated rings. The minimum absolute atomic E-state index is 0.0316. The molecule has 1 N–H and O–H groups in total. The second-order valence-electron chi connectivity index (χ2n) is 4.93. The van der Waals surface area contributed by atoms with Crippen molar-refractivity contribution in [1.82, 2.24) is 5.32 Å². The Morgan fingerprint density at radius 2 is 2.33 bits per heavy atom. The Balaban J connectivity index is 2.01. The standard InChI is InChI=1S/C12H21NO2/c1-2-15-11(14)12(8-10-4-5-10)6-3-7-13-9-12/h10,13H,2-9H2,1H3/t12-/m1/s1. The van der Waals surface area contributed by atoms with Crippen molar-refractivity contribution in [3.8, 4) is 0 Å². The van der Waals surface area contributed by atoms with Gasteiger partial charge >= 0.3 is 5.97 Å². The highest BCUT2D eigenvalue weighted by molar-refractivity contribution is 5.77. The third-order valence-corrected chi connectivity index (χ3v) is 3.56. The molecule has 3 heteroatoms. The molecule has 0 unspecified atom stereocenters. The molecule has 3 nitrogen and oxygen atoms in total. The molecule has 0 radical (unpaired) electrons. The van der Waals surface area contributed by atoms with Gasteiger partial charge in [-0.2, -0.15) is 0 Å². The van der Waals surface area contributed by atoms with Crippen LogP contribution in [0, 0.1) is 11.3 Å². The normalized spacial score (nSPS) is 31.3. The summed E-state index contributed by atoms with van der Waals surface area (Å²) in [5.41, 5.74) is -0.199. The van der Waals surface area contributed by atoms with Gasteiger partial charge in [-0.15, -0.1) is 0 Å². The summed E-state index contributed by atoms with van der Waals surface area (Å²) in [6.07, 6.45) is 5.77. The van der Waals surface area contributed by atoms with Crippen LogP contribution in [0.2, 0.25) is 0 Å². The smallest absolute Gasteiger partial charge is 0.313 e. The van der Waals surface area contributed by atoms with Gasteiger partial charge in [-0.25, -0.2) is 0 Å². The van der Waals surface area contributed by atoms with Crippen molar-refractivity contribution in [3.63, 3.8) is 0 Å². The number of esters is 1. The molecule has 0 aromatic heterocycles. The molecule has 0 aromatic rings. The van der Waals surface area contributed by atoms with E-state index in [9.17, 15) is 4.79 Å². The maximum atomic E-state index is 12.0. The molecule has 1 aliphatic heterocycles. The highest BCUT2D eigenvalue weighted by atomic mass is 16.5. The Kier molecular flexibility index (Phi) is 3.29. The van der Waals surface area contributed by atoms with E-state index in [1.807, 2.05) is 6.92 Å². The Morgan fingerprint density at radius 3 is 2.87 bits per heavy atom. The van der Waals surface area contributed by atoms with Crippen LogP contribution in [0.15, 0.2) is 0 Å². The average molecular weight is 211 g/mol. The molecular weight excluding hydrogens is 190 g/mol. The SMILES string of the molecule is CCOC(=O)[C@@]1(CC2CC2)CCCNC1. The molecule has 1 saturated carbocycles. The molecular formula is C12H21NO2. The third kappa shape index (κ3) is 2.51. The van der Waals surface area contributed by atoms with Crippen LogP contribution < -0.4 is 5.32 Å². The van der Waals surface area contributed by atoms with Crippen LogP contribution in [-0.2, 0) is 9.53 Å². The third-order valence-electron chi connectivity index (χ3n) is 3.56. The zero-order valence-corrected chi connectivity index (χ0v) is 9.55. The Morgan fingerprint density at radius 1 is 1.53 bits per heavy atom. The number of carbonyl (C=O) groups excluding carboxylic acids is 1. The van der Waals surface area contributed by atoms with Gasteiger partial charge in [0.15, 0.2) is 0 Å². The van der Waals surface area contributed by atoms with E-state index >= 15 is 0 Å². The lowest BCUT2D eigenvalue weighted by atomic mass is 9.76. The maximum absolute atomic E-state index is 12.0. The molecule has 0 amide bonds. The minimum Gasteiger partial charge on any atom is -0.466 e. The van der Waals surface area contributed by atoms with Crippen LogP contribution in [0.25, 0.3) is 0 Å². The van der Waals surface area contributed by atoms with Crippen molar-refractivity contribution in [2.24, 2.45) is 11.3 Å². The summed E-state index contributed by atoms with van der Waals surface area (Å²) >= 11 is 0. The van der Waals surface area contributed by atoms with Crippen molar-refractivity contribution in [2.75, 3.05) is 19.7 Å². The van der Waals surface area contributed by atoms with Gasteiger partial charge in [-0.05, 0) is 38.6 Å². The number of ether oxygens (including phenoxy) is 1. The molecule has 0 bridgehead atoms. The number of hydrogen-bond donors (Lipinski definition) is 1. The van der Waals surface area contributed by atoms with Gasteiger partial charge in [0, 0.05) is 6.54 Å². The van der Waals surface area contributed by atoms with Crippen LogP contribution in [0.3, 0.4) is 0 Å². The summed E-state index contributed by atoms with van der Waals surface area (Å²) in [5.74, 6) is 0.818. The zero-order chi connectivity index (χ0) is 10.7. The molecule has 1 aliphatic carbocycles. The fourth-order valence-corrected chi connectivity index (χ4v) is 2.56.